The van der Waals surface area contributed by atoms with Gasteiger partial charge in [0.15, 0.2) is 11.5 Å². The van der Waals surface area contributed by atoms with Crippen molar-refractivity contribution in [1.82, 2.24) is 5.32 Å². The minimum Gasteiger partial charge on any atom is -0.489 e. The van der Waals surface area contributed by atoms with E-state index in [-0.39, 0.29) is 24.8 Å². The van der Waals surface area contributed by atoms with Crippen LogP contribution in [0.5, 0.6) is 11.5 Å². The molecule has 1 fully saturated rings. The fourth-order valence-corrected chi connectivity index (χ4v) is 4.05. The van der Waals surface area contributed by atoms with Gasteiger partial charge >= 0.3 is 0 Å². The minimum atomic E-state index is -0.207. The third kappa shape index (κ3) is 4.74. The number of ether oxygens (including phenoxy) is 2. The Kier molecular flexibility index (Phi) is 6.20. The van der Waals surface area contributed by atoms with E-state index in [4.69, 9.17) is 32.7 Å². The molecule has 1 saturated heterocycles. The molecule has 2 heterocycles. The molecule has 2 N–H and O–H groups in total. The average molecular weight is 450 g/mol. The summed E-state index contributed by atoms with van der Waals surface area (Å²) in [5.41, 5.74) is 2.07. The molecule has 30 heavy (non-hydrogen) atoms. The number of piperazine rings is 1. The lowest BCUT2D eigenvalue weighted by Crippen LogP contribution is -2.47. The zero-order chi connectivity index (χ0) is 21.1. The number of fused-ring (bicyclic) bond motifs is 1. The number of hydrogen-bond acceptors (Lipinski definition) is 5. The molecule has 2 amide bonds. The molecule has 2 aliphatic rings. The first-order valence-corrected chi connectivity index (χ1v) is 10.4. The Morgan fingerprint density at radius 2 is 1.97 bits per heavy atom. The summed E-state index contributed by atoms with van der Waals surface area (Å²) in [7, 11) is 0. The van der Waals surface area contributed by atoms with Crippen molar-refractivity contribution in [2.24, 2.45) is 0 Å². The number of carbonyl (C=O) groups is 2. The predicted molar refractivity (Wildman–Crippen MR) is 116 cm³/mol. The van der Waals surface area contributed by atoms with Gasteiger partial charge in [-0.1, -0.05) is 23.2 Å². The van der Waals surface area contributed by atoms with Crippen molar-refractivity contribution >= 4 is 46.4 Å². The van der Waals surface area contributed by atoms with Crippen LogP contribution in [-0.4, -0.2) is 44.7 Å². The topological polar surface area (TPSA) is 79.9 Å². The van der Waals surface area contributed by atoms with Crippen molar-refractivity contribution < 1.29 is 19.1 Å². The Morgan fingerprint density at radius 3 is 2.77 bits per heavy atom. The Hall–Kier alpha value is -2.64. The zero-order valence-corrected chi connectivity index (χ0v) is 17.7. The second-order valence-corrected chi connectivity index (χ2v) is 7.93. The van der Waals surface area contributed by atoms with Crippen molar-refractivity contribution in [2.45, 2.75) is 12.8 Å². The first-order valence-electron chi connectivity index (χ1n) is 9.68. The zero-order valence-electron chi connectivity index (χ0n) is 16.2. The van der Waals surface area contributed by atoms with Gasteiger partial charge in [0.05, 0.1) is 41.9 Å². The standard InChI is InChI=1S/C21H21Cl2N3O4/c22-15-11-14(2-3-17(15)26-5-4-24-20(28)12-26)25-19(27)10-13-8-16(23)21-18(9-13)29-6-1-7-30-21/h2-3,8-9,11H,1,4-7,10,12H2,(H,24,28)(H,25,27). The van der Waals surface area contributed by atoms with Crippen LogP contribution < -0.4 is 25.0 Å². The second-order valence-electron chi connectivity index (χ2n) is 7.12. The van der Waals surface area contributed by atoms with Crippen molar-refractivity contribution in [2.75, 3.05) is 43.1 Å². The maximum Gasteiger partial charge on any atom is 0.239 e. The quantitative estimate of drug-likeness (QED) is 0.748. The van der Waals surface area contributed by atoms with Crippen LogP contribution in [0.25, 0.3) is 0 Å². The molecule has 2 aromatic rings. The van der Waals surface area contributed by atoms with Gasteiger partial charge in [-0.3, -0.25) is 9.59 Å². The molecule has 0 saturated carbocycles. The largest absolute Gasteiger partial charge is 0.489 e. The van der Waals surface area contributed by atoms with E-state index in [1.807, 2.05) is 4.90 Å². The molecule has 2 aliphatic heterocycles. The summed E-state index contributed by atoms with van der Waals surface area (Å²) in [6.45, 7) is 2.61. The summed E-state index contributed by atoms with van der Waals surface area (Å²) in [4.78, 5) is 26.0. The van der Waals surface area contributed by atoms with Crippen molar-refractivity contribution in [3.05, 3.63) is 45.9 Å². The minimum absolute atomic E-state index is 0.0384. The molecular weight excluding hydrogens is 429 g/mol. The molecule has 7 nitrogen and oxygen atoms in total. The predicted octanol–water partition coefficient (Wildman–Crippen LogP) is 3.27. The molecule has 158 valence electrons. The van der Waals surface area contributed by atoms with E-state index >= 15 is 0 Å². The van der Waals surface area contributed by atoms with Gasteiger partial charge < -0.3 is 25.0 Å². The summed E-state index contributed by atoms with van der Waals surface area (Å²) >= 11 is 12.7. The lowest BCUT2D eigenvalue weighted by Gasteiger charge is -2.29. The van der Waals surface area contributed by atoms with Crippen LogP contribution in [0.4, 0.5) is 11.4 Å². The molecule has 0 radical (unpaired) electrons. The van der Waals surface area contributed by atoms with Crippen molar-refractivity contribution in [1.29, 1.82) is 0 Å². The first-order chi connectivity index (χ1) is 14.5. The van der Waals surface area contributed by atoms with Crippen molar-refractivity contribution in [3.63, 3.8) is 0 Å². The molecule has 0 atom stereocenters. The summed E-state index contributed by atoms with van der Waals surface area (Å²) in [6, 6.07) is 8.76. The van der Waals surface area contributed by atoms with Crippen LogP contribution in [0, 0.1) is 0 Å². The lowest BCUT2D eigenvalue weighted by molar-refractivity contribution is -0.120. The summed E-state index contributed by atoms with van der Waals surface area (Å²) < 4.78 is 11.3. The number of benzene rings is 2. The van der Waals surface area contributed by atoms with Gasteiger partial charge in [0.25, 0.3) is 0 Å². The normalized spacial score (nSPS) is 15.9. The number of nitrogens with one attached hydrogen (secondary N) is 2. The number of halogens is 2. The van der Waals surface area contributed by atoms with E-state index < -0.39 is 0 Å². The van der Waals surface area contributed by atoms with Crippen LogP contribution in [0.3, 0.4) is 0 Å². The summed E-state index contributed by atoms with van der Waals surface area (Å²) in [5, 5.41) is 6.53. The van der Waals surface area contributed by atoms with Crippen LogP contribution in [0.2, 0.25) is 10.0 Å². The smallest absolute Gasteiger partial charge is 0.239 e. The summed E-state index contributed by atoms with van der Waals surface area (Å²) in [5.74, 6) is 0.832. The number of anilines is 2. The van der Waals surface area contributed by atoms with Gasteiger partial charge in [-0.2, -0.15) is 0 Å². The van der Waals surface area contributed by atoms with Crippen LogP contribution in [-0.2, 0) is 16.0 Å². The first kappa shape index (κ1) is 20.6. The molecule has 0 spiro atoms. The lowest BCUT2D eigenvalue weighted by atomic mass is 10.1. The fourth-order valence-electron chi connectivity index (χ4n) is 3.46. The molecule has 0 unspecified atom stereocenters. The van der Waals surface area contributed by atoms with Crippen molar-refractivity contribution in [3.8, 4) is 11.5 Å². The van der Waals surface area contributed by atoms with E-state index in [0.29, 0.717) is 53.5 Å². The van der Waals surface area contributed by atoms with Crippen LogP contribution >= 0.6 is 23.2 Å². The number of carbonyl (C=O) groups excluding carboxylic acids is 2. The summed E-state index contributed by atoms with van der Waals surface area (Å²) in [6.07, 6.45) is 0.904. The van der Waals surface area contributed by atoms with Gasteiger partial charge in [-0.25, -0.2) is 0 Å². The maximum atomic E-state index is 12.5. The molecular formula is C21H21Cl2N3O4. The molecule has 0 bridgehead atoms. The monoisotopic (exact) mass is 449 g/mol. The molecule has 2 aromatic carbocycles. The molecule has 9 heteroatoms. The maximum absolute atomic E-state index is 12.5. The fraction of sp³-hybridized carbons (Fsp3) is 0.333. The highest BCUT2D eigenvalue weighted by Gasteiger charge is 2.20. The van der Waals surface area contributed by atoms with E-state index in [1.165, 1.54) is 0 Å². The number of rotatable bonds is 4. The van der Waals surface area contributed by atoms with Gasteiger partial charge in [0.1, 0.15) is 0 Å². The third-order valence-corrected chi connectivity index (χ3v) is 5.42. The third-order valence-electron chi connectivity index (χ3n) is 4.84. The Morgan fingerprint density at radius 1 is 1.13 bits per heavy atom. The van der Waals surface area contributed by atoms with Gasteiger partial charge in [0.2, 0.25) is 11.8 Å². The van der Waals surface area contributed by atoms with E-state index in [0.717, 1.165) is 17.7 Å². The Labute approximate surface area is 184 Å². The van der Waals surface area contributed by atoms with Gasteiger partial charge in [-0.15, -0.1) is 0 Å². The highest BCUT2D eigenvalue weighted by Crippen LogP contribution is 2.38. The Balaban J connectivity index is 1.43. The highest BCUT2D eigenvalue weighted by atomic mass is 35.5. The number of hydrogen-bond donors (Lipinski definition) is 2. The van der Waals surface area contributed by atoms with Crippen LogP contribution in [0.15, 0.2) is 30.3 Å². The number of nitrogens with zero attached hydrogens (tertiary/aromatic N) is 1. The van der Waals surface area contributed by atoms with Crippen LogP contribution in [0.1, 0.15) is 12.0 Å². The van der Waals surface area contributed by atoms with Gasteiger partial charge in [-0.05, 0) is 35.9 Å². The van der Waals surface area contributed by atoms with E-state index in [2.05, 4.69) is 10.6 Å². The number of amides is 2. The average Bonchev–Trinajstić information content (AvgIpc) is 2.94. The molecule has 0 aromatic heterocycles. The van der Waals surface area contributed by atoms with E-state index in [1.54, 1.807) is 30.3 Å². The van der Waals surface area contributed by atoms with E-state index in [9.17, 15) is 9.59 Å². The highest BCUT2D eigenvalue weighted by molar-refractivity contribution is 6.33. The molecule has 4 rings (SSSR count). The van der Waals surface area contributed by atoms with Gasteiger partial charge in [0, 0.05) is 25.2 Å². The SMILES string of the molecule is O=C1CN(c2ccc(NC(=O)Cc3cc(Cl)c4c(c3)OCCCO4)cc2Cl)CCN1. The Bertz CT molecular complexity index is 983. The molecule has 0 aliphatic carbocycles. The second kappa shape index (κ2) is 9.02.